The van der Waals surface area contributed by atoms with Gasteiger partial charge in [-0.1, -0.05) is 43.4 Å². The third-order valence-electron chi connectivity index (χ3n) is 4.02. The van der Waals surface area contributed by atoms with Crippen molar-refractivity contribution < 1.29 is 0 Å². The number of hydrogen-bond donors (Lipinski definition) is 0. The maximum Gasteiger partial charge on any atom is -0.0219 e. The van der Waals surface area contributed by atoms with Crippen LogP contribution < -0.4 is 0 Å². The number of aryl methyl sites for hydroxylation is 2. The van der Waals surface area contributed by atoms with Crippen LogP contribution in [0.15, 0.2) is 36.4 Å². The van der Waals surface area contributed by atoms with Gasteiger partial charge in [0.25, 0.3) is 0 Å². The first-order valence-corrected chi connectivity index (χ1v) is 6.83. The van der Waals surface area contributed by atoms with E-state index in [1.54, 1.807) is 0 Å². The van der Waals surface area contributed by atoms with Gasteiger partial charge in [-0.05, 0) is 67.7 Å². The average Bonchev–Trinajstić information content (AvgIpc) is 2.99. The fourth-order valence-corrected chi connectivity index (χ4v) is 2.32. The molecule has 0 heteroatoms. The monoisotopic (exact) mass is 240 g/mol. The summed E-state index contributed by atoms with van der Waals surface area (Å²) in [5, 5.41) is 0. The Labute approximate surface area is 111 Å². The molecule has 96 valence electrons. The molecule has 0 amide bonds. The van der Waals surface area contributed by atoms with Crippen LogP contribution in [0.2, 0.25) is 0 Å². The zero-order valence-electron chi connectivity index (χ0n) is 12.1. The van der Waals surface area contributed by atoms with Crippen molar-refractivity contribution in [1.82, 2.24) is 0 Å². The Kier molecular flexibility index (Phi) is 3.47. The highest BCUT2D eigenvalue weighted by atomic mass is 14.4. The maximum absolute atomic E-state index is 4.03. The first kappa shape index (κ1) is 13.1. The summed E-state index contributed by atoms with van der Waals surface area (Å²) in [5.41, 5.74) is 7.25. The molecule has 1 aromatic rings. The van der Waals surface area contributed by atoms with Crippen LogP contribution in [0.3, 0.4) is 0 Å². The third-order valence-corrected chi connectivity index (χ3v) is 4.02. The molecule has 1 aliphatic rings. The smallest absolute Gasteiger partial charge is 0.0219 e. The van der Waals surface area contributed by atoms with Gasteiger partial charge in [-0.2, -0.15) is 0 Å². The largest absolute Gasteiger partial charge is 0.0961 e. The maximum atomic E-state index is 4.03. The summed E-state index contributed by atoms with van der Waals surface area (Å²) in [6, 6.07) is 6.80. The lowest BCUT2D eigenvalue weighted by molar-refractivity contribution is 0.594. The van der Waals surface area contributed by atoms with E-state index in [-0.39, 0.29) is 0 Å². The standard InChI is InChI=1S/C18H24/c1-13(2)10-17(12-18(5)8-9-18)16-7-6-14(3)15(4)11-16/h6-7,10-11H,1,8-9,12H2,2-5H3/b17-10+. The summed E-state index contributed by atoms with van der Waals surface area (Å²) in [6.07, 6.45) is 6.17. The van der Waals surface area contributed by atoms with E-state index in [2.05, 4.69) is 58.5 Å². The van der Waals surface area contributed by atoms with Gasteiger partial charge in [-0.25, -0.2) is 0 Å². The number of benzene rings is 1. The van der Waals surface area contributed by atoms with Gasteiger partial charge >= 0.3 is 0 Å². The zero-order valence-corrected chi connectivity index (χ0v) is 12.1. The molecule has 2 rings (SSSR count). The number of rotatable bonds is 4. The van der Waals surface area contributed by atoms with Gasteiger partial charge in [-0.3, -0.25) is 0 Å². The van der Waals surface area contributed by atoms with Gasteiger partial charge in [0, 0.05) is 0 Å². The van der Waals surface area contributed by atoms with E-state index in [0.29, 0.717) is 5.41 Å². The molecule has 1 aliphatic carbocycles. The third kappa shape index (κ3) is 3.13. The summed E-state index contributed by atoms with van der Waals surface area (Å²) in [6.45, 7) is 12.9. The van der Waals surface area contributed by atoms with E-state index in [9.17, 15) is 0 Å². The lowest BCUT2D eigenvalue weighted by Gasteiger charge is -2.14. The van der Waals surface area contributed by atoms with E-state index in [0.717, 1.165) is 5.57 Å². The molecule has 0 nitrogen and oxygen atoms in total. The number of allylic oxidation sites excluding steroid dienone is 3. The fraction of sp³-hybridized carbons (Fsp3) is 0.444. The van der Waals surface area contributed by atoms with E-state index >= 15 is 0 Å². The molecule has 1 fully saturated rings. The van der Waals surface area contributed by atoms with Crippen LogP contribution in [-0.4, -0.2) is 0 Å². The predicted molar refractivity (Wildman–Crippen MR) is 80.7 cm³/mol. The Morgan fingerprint density at radius 3 is 2.44 bits per heavy atom. The molecule has 0 atom stereocenters. The van der Waals surface area contributed by atoms with Crippen LogP contribution in [0.5, 0.6) is 0 Å². The van der Waals surface area contributed by atoms with Crippen LogP contribution in [0.25, 0.3) is 5.57 Å². The Bertz CT molecular complexity index is 499. The molecule has 0 bridgehead atoms. The second kappa shape index (κ2) is 4.76. The molecule has 0 unspecified atom stereocenters. The minimum absolute atomic E-state index is 0.542. The highest BCUT2D eigenvalue weighted by Gasteiger charge is 2.37. The summed E-state index contributed by atoms with van der Waals surface area (Å²) < 4.78 is 0. The SMILES string of the molecule is C=C(C)/C=C(\CC1(C)CC1)c1ccc(C)c(C)c1. The van der Waals surface area contributed by atoms with E-state index in [1.807, 2.05) is 0 Å². The molecule has 0 heterocycles. The van der Waals surface area contributed by atoms with Gasteiger partial charge in [-0.15, -0.1) is 0 Å². The number of hydrogen-bond acceptors (Lipinski definition) is 0. The van der Waals surface area contributed by atoms with Crippen LogP contribution in [0.1, 0.15) is 49.8 Å². The van der Waals surface area contributed by atoms with Gasteiger partial charge in [0.2, 0.25) is 0 Å². The minimum atomic E-state index is 0.542. The Morgan fingerprint density at radius 1 is 1.28 bits per heavy atom. The van der Waals surface area contributed by atoms with Gasteiger partial charge in [0.05, 0.1) is 0 Å². The zero-order chi connectivity index (χ0) is 13.3. The quantitative estimate of drug-likeness (QED) is 0.614. The first-order valence-electron chi connectivity index (χ1n) is 6.83. The molecular formula is C18H24. The van der Waals surface area contributed by atoms with Crippen molar-refractivity contribution >= 4 is 5.57 Å². The lowest BCUT2D eigenvalue weighted by Crippen LogP contribution is -1.97. The first-order chi connectivity index (χ1) is 8.39. The van der Waals surface area contributed by atoms with E-state index in [1.165, 1.54) is 41.5 Å². The Morgan fingerprint density at radius 2 is 1.94 bits per heavy atom. The molecule has 0 aromatic heterocycles. The second-order valence-corrected chi connectivity index (χ2v) is 6.30. The van der Waals surface area contributed by atoms with Crippen molar-refractivity contribution in [1.29, 1.82) is 0 Å². The summed E-state index contributed by atoms with van der Waals surface area (Å²) in [4.78, 5) is 0. The van der Waals surface area contributed by atoms with Crippen molar-refractivity contribution in [3.05, 3.63) is 53.1 Å². The van der Waals surface area contributed by atoms with E-state index in [4.69, 9.17) is 0 Å². The molecule has 0 saturated heterocycles. The van der Waals surface area contributed by atoms with Crippen molar-refractivity contribution in [3.8, 4) is 0 Å². The minimum Gasteiger partial charge on any atom is -0.0961 e. The summed E-state index contributed by atoms with van der Waals surface area (Å²) >= 11 is 0. The molecular weight excluding hydrogens is 216 g/mol. The van der Waals surface area contributed by atoms with Crippen molar-refractivity contribution in [3.63, 3.8) is 0 Å². The lowest BCUT2D eigenvalue weighted by atomic mass is 9.90. The van der Waals surface area contributed by atoms with Crippen LogP contribution >= 0.6 is 0 Å². The Balaban J connectivity index is 2.33. The second-order valence-electron chi connectivity index (χ2n) is 6.30. The van der Waals surface area contributed by atoms with Gasteiger partial charge in [0.15, 0.2) is 0 Å². The van der Waals surface area contributed by atoms with Crippen LogP contribution in [-0.2, 0) is 0 Å². The van der Waals surface area contributed by atoms with Gasteiger partial charge in [0.1, 0.15) is 0 Å². The molecule has 0 N–H and O–H groups in total. The molecule has 0 radical (unpaired) electrons. The predicted octanol–water partition coefficient (Wildman–Crippen LogP) is 5.45. The van der Waals surface area contributed by atoms with Crippen LogP contribution in [0, 0.1) is 19.3 Å². The van der Waals surface area contributed by atoms with Crippen molar-refractivity contribution in [2.75, 3.05) is 0 Å². The average molecular weight is 240 g/mol. The Hall–Kier alpha value is -1.30. The summed E-state index contributed by atoms with van der Waals surface area (Å²) in [7, 11) is 0. The molecule has 18 heavy (non-hydrogen) atoms. The molecule has 0 spiro atoms. The van der Waals surface area contributed by atoms with Crippen molar-refractivity contribution in [2.24, 2.45) is 5.41 Å². The van der Waals surface area contributed by atoms with Crippen LogP contribution in [0.4, 0.5) is 0 Å². The summed E-state index contributed by atoms with van der Waals surface area (Å²) in [5.74, 6) is 0. The highest BCUT2D eigenvalue weighted by Crippen LogP contribution is 2.51. The topological polar surface area (TPSA) is 0 Å². The fourth-order valence-electron chi connectivity index (χ4n) is 2.32. The van der Waals surface area contributed by atoms with E-state index < -0.39 is 0 Å². The highest BCUT2D eigenvalue weighted by molar-refractivity contribution is 5.69. The normalized spacial score (nSPS) is 17.7. The van der Waals surface area contributed by atoms with Gasteiger partial charge < -0.3 is 0 Å². The molecule has 1 saturated carbocycles. The van der Waals surface area contributed by atoms with Crippen molar-refractivity contribution in [2.45, 2.75) is 47.0 Å². The molecule has 1 aromatic carbocycles. The molecule has 0 aliphatic heterocycles.